The van der Waals surface area contributed by atoms with Gasteiger partial charge in [0.05, 0.1) is 16.6 Å². The summed E-state index contributed by atoms with van der Waals surface area (Å²) in [6.07, 6.45) is 7.84. The number of carbonyl (C=O) groups excluding carboxylic acids is 3. The predicted molar refractivity (Wildman–Crippen MR) is 127 cm³/mol. The molecule has 182 valence electrons. The first-order valence-electron chi connectivity index (χ1n) is 12.5. The van der Waals surface area contributed by atoms with Crippen LogP contribution < -0.4 is 10.6 Å². The number of aliphatic hydroxyl groups excluding tert-OH is 1. The van der Waals surface area contributed by atoms with Crippen molar-refractivity contribution < 1.29 is 19.5 Å². The van der Waals surface area contributed by atoms with Crippen LogP contribution in [0.25, 0.3) is 0 Å². The van der Waals surface area contributed by atoms with E-state index in [-0.39, 0.29) is 29.1 Å². The molecule has 3 N–H and O–H groups in total. The number of unbranched alkanes of at least 4 members (excludes halogenated alkanes) is 4. The van der Waals surface area contributed by atoms with E-state index < -0.39 is 22.6 Å². The van der Waals surface area contributed by atoms with Crippen molar-refractivity contribution in [3.63, 3.8) is 0 Å². The molecule has 5 atom stereocenters. The second kappa shape index (κ2) is 10.8. The number of aliphatic hydroxyl groups is 1. The fraction of sp³-hybridized carbons (Fsp3) is 0.875. The summed E-state index contributed by atoms with van der Waals surface area (Å²) >= 11 is 1.73. The van der Waals surface area contributed by atoms with Crippen LogP contribution in [0.2, 0.25) is 0 Å². The largest absolute Gasteiger partial charge is 0.396 e. The summed E-state index contributed by atoms with van der Waals surface area (Å²) in [7, 11) is 0. The molecule has 1 spiro atoms. The Morgan fingerprint density at radius 2 is 1.78 bits per heavy atom. The summed E-state index contributed by atoms with van der Waals surface area (Å²) in [4.78, 5) is 42.2. The van der Waals surface area contributed by atoms with Crippen LogP contribution in [0.15, 0.2) is 0 Å². The van der Waals surface area contributed by atoms with Crippen molar-refractivity contribution in [2.24, 2.45) is 11.8 Å². The highest BCUT2D eigenvalue weighted by molar-refractivity contribution is 8.02. The SMILES string of the molecule is CCCCCNC(=O)C1N(CCCCCO)C(=O)[C@@H]2[C@H](C(=O)NCCC)[C@]3(C)CCC12S3. The molecule has 3 amide bonds. The van der Waals surface area contributed by atoms with Crippen LogP contribution >= 0.6 is 11.8 Å². The Morgan fingerprint density at radius 1 is 1.03 bits per heavy atom. The molecule has 3 heterocycles. The number of rotatable bonds is 13. The standard InChI is InChI=1S/C24H41N3O4S/c1-4-6-8-14-26-21(30)19-24-12-11-23(3,32-24)17(20(29)25-13-5-2)18(24)22(31)27(19)15-9-7-10-16-28/h17-19,28H,4-16H2,1-3H3,(H,25,29)(H,26,30)/t17-,18+,19?,23+,24?/m1/s1. The summed E-state index contributed by atoms with van der Waals surface area (Å²) in [5, 5.41) is 15.2. The molecule has 3 aliphatic rings. The highest BCUT2D eigenvalue weighted by atomic mass is 32.2. The fourth-order valence-corrected chi connectivity index (χ4v) is 8.34. The van der Waals surface area contributed by atoms with Crippen molar-refractivity contribution in [2.75, 3.05) is 26.2 Å². The van der Waals surface area contributed by atoms with E-state index in [4.69, 9.17) is 5.11 Å². The van der Waals surface area contributed by atoms with Gasteiger partial charge in [-0.2, -0.15) is 0 Å². The first-order valence-corrected chi connectivity index (χ1v) is 13.3. The van der Waals surface area contributed by atoms with Crippen LogP contribution in [-0.4, -0.2) is 69.5 Å². The molecule has 0 aromatic heterocycles. The van der Waals surface area contributed by atoms with Gasteiger partial charge in [-0.05, 0) is 51.9 Å². The lowest BCUT2D eigenvalue weighted by atomic mass is 9.66. The number of hydrogen-bond donors (Lipinski definition) is 3. The molecule has 8 heteroatoms. The Kier molecular flexibility index (Phi) is 8.53. The molecule has 0 radical (unpaired) electrons. The lowest BCUT2D eigenvalue weighted by molar-refractivity contribution is -0.140. The van der Waals surface area contributed by atoms with E-state index in [0.717, 1.165) is 51.4 Å². The molecule has 0 saturated carbocycles. The molecule has 0 aliphatic carbocycles. The Balaban J connectivity index is 1.86. The number of carbonyl (C=O) groups is 3. The van der Waals surface area contributed by atoms with Gasteiger partial charge in [-0.25, -0.2) is 0 Å². The summed E-state index contributed by atoms with van der Waals surface area (Å²) in [5.41, 5.74) is 0. The molecule has 0 aromatic carbocycles. The van der Waals surface area contributed by atoms with Crippen LogP contribution in [0.5, 0.6) is 0 Å². The summed E-state index contributed by atoms with van der Waals surface area (Å²) in [6, 6.07) is -0.522. The number of nitrogens with one attached hydrogen (secondary N) is 2. The summed E-state index contributed by atoms with van der Waals surface area (Å²) in [5.74, 6) is -0.961. The van der Waals surface area contributed by atoms with Crippen molar-refractivity contribution in [2.45, 2.75) is 94.1 Å². The van der Waals surface area contributed by atoms with E-state index in [1.807, 2.05) is 6.92 Å². The normalized spacial score (nSPS) is 32.9. The van der Waals surface area contributed by atoms with Crippen LogP contribution in [0.1, 0.15) is 78.6 Å². The minimum absolute atomic E-state index is 0.0321. The molecule has 7 nitrogen and oxygen atoms in total. The van der Waals surface area contributed by atoms with Crippen molar-refractivity contribution in [1.82, 2.24) is 15.5 Å². The van der Waals surface area contributed by atoms with Gasteiger partial charge in [-0.1, -0.05) is 26.7 Å². The number of thioether (sulfide) groups is 1. The number of nitrogens with zero attached hydrogens (tertiary/aromatic N) is 1. The van der Waals surface area contributed by atoms with Gasteiger partial charge in [0.1, 0.15) is 6.04 Å². The zero-order valence-electron chi connectivity index (χ0n) is 20.0. The van der Waals surface area contributed by atoms with Gasteiger partial charge in [0.2, 0.25) is 17.7 Å². The zero-order valence-corrected chi connectivity index (χ0v) is 20.8. The fourth-order valence-electron chi connectivity index (χ4n) is 5.98. The third-order valence-corrected chi connectivity index (χ3v) is 9.48. The maximum Gasteiger partial charge on any atom is 0.244 e. The van der Waals surface area contributed by atoms with Crippen molar-refractivity contribution in [3.8, 4) is 0 Å². The topological polar surface area (TPSA) is 98.7 Å². The van der Waals surface area contributed by atoms with Crippen LogP contribution in [0, 0.1) is 11.8 Å². The van der Waals surface area contributed by atoms with E-state index in [1.165, 1.54) is 0 Å². The molecule has 3 aliphatic heterocycles. The summed E-state index contributed by atoms with van der Waals surface area (Å²) in [6.45, 7) is 8.13. The van der Waals surface area contributed by atoms with Gasteiger partial charge in [0.25, 0.3) is 0 Å². The Bertz CT molecular complexity index is 705. The maximum absolute atomic E-state index is 13.8. The minimum atomic E-state index is -0.522. The molecule has 2 unspecified atom stereocenters. The molecule has 32 heavy (non-hydrogen) atoms. The first-order chi connectivity index (χ1) is 15.4. The van der Waals surface area contributed by atoms with Crippen LogP contribution in [0.3, 0.4) is 0 Å². The van der Waals surface area contributed by atoms with Gasteiger partial charge in [0, 0.05) is 31.0 Å². The molecular weight excluding hydrogens is 426 g/mol. The number of hydrogen-bond acceptors (Lipinski definition) is 5. The van der Waals surface area contributed by atoms with Gasteiger partial charge < -0.3 is 20.6 Å². The molecule has 0 aromatic rings. The van der Waals surface area contributed by atoms with Crippen molar-refractivity contribution in [3.05, 3.63) is 0 Å². The number of amides is 3. The van der Waals surface area contributed by atoms with E-state index in [2.05, 4.69) is 24.5 Å². The lowest BCUT2D eigenvalue weighted by Crippen LogP contribution is -2.54. The molecule has 3 saturated heterocycles. The Labute approximate surface area is 196 Å². The monoisotopic (exact) mass is 467 g/mol. The maximum atomic E-state index is 13.8. The Hall–Kier alpha value is -1.28. The molecule has 3 fully saturated rings. The van der Waals surface area contributed by atoms with Gasteiger partial charge >= 0.3 is 0 Å². The molecule has 2 bridgehead atoms. The van der Waals surface area contributed by atoms with Crippen molar-refractivity contribution in [1.29, 1.82) is 0 Å². The van der Waals surface area contributed by atoms with Gasteiger partial charge in [-0.3, -0.25) is 14.4 Å². The molecular formula is C24H41N3O4S. The third kappa shape index (κ3) is 4.54. The first kappa shape index (κ1) is 25.3. The second-order valence-electron chi connectivity index (χ2n) is 9.83. The molecule has 3 rings (SSSR count). The summed E-state index contributed by atoms with van der Waals surface area (Å²) < 4.78 is -0.826. The van der Waals surface area contributed by atoms with E-state index in [0.29, 0.717) is 26.1 Å². The second-order valence-corrected chi connectivity index (χ2v) is 11.7. The van der Waals surface area contributed by atoms with E-state index in [9.17, 15) is 14.4 Å². The van der Waals surface area contributed by atoms with Crippen LogP contribution in [0.4, 0.5) is 0 Å². The average Bonchev–Trinajstić information content (AvgIpc) is 3.33. The highest BCUT2D eigenvalue weighted by Gasteiger charge is 2.76. The van der Waals surface area contributed by atoms with E-state index >= 15 is 0 Å². The smallest absolute Gasteiger partial charge is 0.244 e. The third-order valence-electron chi connectivity index (χ3n) is 7.49. The average molecular weight is 468 g/mol. The zero-order chi connectivity index (χ0) is 23.4. The van der Waals surface area contributed by atoms with Crippen LogP contribution in [-0.2, 0) is 14.4 Å². The quantitative estimate of drug-likeness (QED) is 0.362. The van der Waals surface area contributed by atoms with Crippen molar-refractivity contribution >= 4 is 29.5 Å². The number of fused-ring (bicyclic) bond motifs is 1. The Morgan fingerprint density at radius 3 is 2.47 bits per heavy atom. The highest BCUT2D eigenvalue weighted by Crippen LogP contribution is 2.71. The number of likely N-dealkylation sites (tertiary alicyclic amines) is 1. The van der Waals surface area contributed by atoms with Gasteiger partial charge in [-0.15, -0.1) is 11.8 Å². The van der Waals surface area contributed by atoms with Gasteiger partial charge in [0.15, 0.2) is 0 Å². The van der Waals surface area contributed by atoms with E-state index in [1.54, 1.807) is 16.7 Å². The predicted octanol–water partition coefficient (Wildman–Crippen LogP) is 2.46. The minimum Gasteiger partial charge on any atom is -0.396 e. The lowest BCUT2D eigenvalue weighted by Gasteiger charge is -2.34.